The summed E-state index contributed by atoms with van der Waals surface area (Å²) in [5.74, 6) is -1.72. The molecule has 1 saturated heterocycles. The molecule has 0 spiro atoms. The summed E-state index contributed by atoms with van der Waals surface area (Å²) in [4.78, 5) is 27.8. The van der Waals surface area contributed by atoms with Gasteiger partial charge in [-0.15, -0.1) is 0 Å². The van der Waals surface area contributed by atoms with Crippen molar-refractivity contribution in [1.29, 1.82) is 5.26 Å². The van der Waals surface area contributed by atoms with E-state index in [0.717, 1.165) is 41.4 Å². The molecule has 2 aliphatic rings. The van der Waals surface area contributed by atoms with Crippen molar-refractivity contribution in [3.63, 3.8) is 0 Å². The van der Waals surface area contributed by atoms with Crippen LogP contribution in [-0.2, 0) is 14.8 Å². The van der Waals surface area contributed by atoms with E-state index in [-0.39, 0.29) is 35.6 Å². The van der Waals surface area contributed by atoms with Gasteiger partial charge >= 0.3 is 0 Å². The van der Waals surface area contributed by atoms with E-state index < -0.39 is 33.8 Å². The summed E-state index contributed by atoms with van der Waals surface area (Å²) >= 11 is 0. The van der Waals surface area contributed by atoms with E-state index in [1.165, 1.54) is 29.2 Å². The second kappa shape index (κ2) is 10.1. The lowest BCUT2D eigenvalue weighted by atomic mass is 9.92. The van der Waals surface area contributed by atoms with Crippen molar-refractivity contribution < 1.29 is 22.4 Å². The molecule has 9 nitrogen and oxygen atoms in total. The molecule has 0 bridgehead atoms. The Bertz CT molecular complexity index is 1240. The summed E-state index contributed by atoms with van der Waals surface area (Å²) in [5, 5.41) is 11.9. The number of carbonyl (C=O) groups excluding carboxylic acids is 2. The molecular weight excluding hydrogens is 473 g/mol. The van der Waals surface area contributed by atoms with E-state index >= 15 is 0 Å². The third-order valence-corrected chi connectivity index (χ3v) is 8.29. The van der Waals surface area contributed by atoms with Crippen molar-refractivity contribution in [1.82, 2.24) is 14.5 Å². The molecule has 2 amide bonds. The Morgan fingerprint density at radius 1 is 1.00 bits per heavy atom. The highest BCUT2D eigenvalue weighted by molar-refractivity contribution is 7.89. The average molecular weight is 500 g/mol. The van der Waals surface area contributed by atoms with Gasteiger partial charge < -0.3 is 16.0 Å². The van der Waals surface area contributed by atoms with E-state index in [9.17, 15) is 22.4 Å². The van der Waals surface area contributed by atoms with Crippen molar-refractivity contribution >= 4 is 21.8 Å². The second-order valence-corrected chi connectivity index (χ2v) is 10.6. The molecular formula is C24H26FN5O4S. The molecule has 1 atom stereocenters. The lowest BCUT2D eigenvalue weighted by Gasteiger charge is -2.32. The van der Waals surface area contributed by atoms with Crippen LogP contribution in [0.1, 0.15) is 41.6 Å². The van der Waals surface area contributed by atoms with Gasteiger partial charge in [0.25, 0.3) is 11.8 Å². The number of nitrogens with zero attached hydrogens (tertiary/aromatic N) is 3. The molecule has 35 heavy (non-hydrogen) atoms. The summed E-state index contributed by atoms with van der Waals surface area (Å²) in [5.41, 5.74) is 6.55. The van der Waals surface area contributed by atoms with Crippen LogP contribution in [0.3, 0.4) is 0 Å². The topological polar surface area (TPSA) is 137 Å². The molecule has 2 fully saturated rings. The monoisotopic (exact) mass is 499 g/mol. The largest absolute Gasteiger partial charge is 0.350 e. The number of rotatable bonds is 5. The maximum Gasteiger partial charge on any atom is 0.259 e. The molecule has 0 radical (unpaired) electrons. The predicted octanol–water partition coefficient (Wildman–Crippen LogP) is 1.56. The average Bonchev–Trinajstić information content (AvgIpc) is 3.32. The van der Waals surface area contributed by atoms with Crippen molar-refractivity contribution in [2.24, 2.45) is 5.73 Å². The molecule has 184 valence electrons. The van der Waals surface area contributed by atoms with E-state index in [2.05, 4.69) is 5.32 Å². The molecule has 1 aliphatic carbocycles. The fourth-order valence-corrected chi connectivity index (χ4v) is 6.02. The highest BCUT2D eigenvalue weighted by Crippen LogP contribution is 2.27. The van der Waals surface area contributed by atoms with Crippen molar-refractivity contribution in [2.45, 2.75) is 48.8 Å². The molecule has 1 heterocycles. The Morgan fingerprint density at radius 2 is 1.63 bits per heavy atom. The van der Waals surface area contributed by atoms with Crippen molar-refractivity contribution in [3.05, 3.63) is 65.5 Å². The zero-order valence-corrected chi connectivity index (χ0v) is 19.7. The van der Waals surface area contributed by atoms with Crippen LogP contribution in [0.15, 0.2) is 53.4 Å². The molecule has 3 N–H and O–H groups in total. The van der Waals surface area contributed by atoms with Gasteiger partial charge in [-0.25, -0.2) is 12.8 Å². The molecule has 4 rings (SSSR count). The fraction of sp³-hybridized carbons (Fsp3) is 0.375. The van der Waals surface area contributed by atoms with Gasteiger partial charge in [-0.3, -0.25) is 9.59 Å². The first-order chi connectivity index (χ1) is 16.7. The minimum absolute atomic E-state index is 0.00706. The first-order valence-corrected chi connectivity index (χ1v) is 12.8. The Hall–Kier alpha value is -3.33. The third-order valence-electron chi connectivity index (χ3n) is 6.42. The van der Waals surface area contributed by atoms with E-state index in [4.69, 9.17) is 11.0 Å². The van der Waals surface area contributed by atoms with Gasteiger partial charge in [-0.05, 0) is 74.2 Å². The van der Waals surface area contributed by atoms with Gasteiger partial charge in [-0.1, -0.05) is 0 Å². The minimum atomic E-state index is -4.21. The van der Waals surface area contributed by atoms with E-state index in [1.807, 2.05) is 6.07 Å². The Balaban J connectivity index is 1.65. The first-order valence-electron chi connectivity index (χ1n) is 11.3. The molecule has 2 aromatic rings. The van der Waals surface area contributed by atoms with Crippen LogP contribution in [-0.4, -0.2) is 60.8 Å². The molecule has 11 heteroatoms. The van der Waals surface area contributed by atoms with E-state index in [0.29, 0.717) is 18.4 Å². The maximum absolute atomic E-state index is 13.4. The SMILES string of the molecule is N#Cc1ccc(C(=O)N2CCN(S(=O)(=O)c3ccc(F)cc3)C2C(=O)NC2CCC(N)CC2)cc1. The number of hydrogen-bond donors (Lipinski definition) is 2. The number of hydrogen-bond acceptors (Lipinski definition) is 6. The summed E-state index contributed by atoms with van der Waals surface area (Å²) in [6.45, 7) is -0.109. The summed E-state index contributed by atoms with van der Waals surface area (Å²) in [6, 6.07) is 12.1. The van der Waals surface area contributed by atoms with Crippen LogP contribution in [0.25, 0.3) is 0 Å². The van der Waals surface area contributed by atoms with Gasteiger partial charge in [0.1, 0.15) is 5.82 Å². The number of nitrogens with one attached hydrogen (secondary N) is 1. The molecule has 2 aromatic carbocycles. The van der Waals surface area contributed by atoms with Crippen LogP contribution in [0.5, 0.6) is 0 Å². The molecule has 1 saturated carbocycles. The number of nitriles is 1. The number of carbonyl (C=O) groups is 2. The molecule has 0 aromatic heterocycles. The van der Waals surface area contributed by atoms with Gasteiger partial charge in [-0.2, -0.15) is 9.57 Å². The normalized spacial score (nSPS) is 23.0. The Morgan fingerprint density at radius 3 is 2.23 bits per heavy atom. The molecule has 1 aliphatic heterocycles. The van der Waals surface area contributed by atoms with Crippen LogP contribution in [0.2, 0.25) is 0 Å². The summed E-state index contributed by atoms with van der Waals surface area (Å²) in [7, 11) is -4.21. The van der Waals surface area contributed by atoms with E-state index in [1.54, 1.807) is 0 Å². The van der Waals surface area contributed by atoms with Crippen LogP contribution >= 0.6 is 0 Å². The third kappa shape index (κ3) is 5.19. The smallest absolute Gasteiger partial charge is 0.259 e. The van der Waals surface area contributed by atoms with Crippen molar-refractivity contribution in [3.8, 4) is 6.07 Å². The number of amides is 2. The maximum atomic E-state index is 13.4. The van der Waals surface area contributed by atoms with Gasteiger partial charge in [0.15, 0.2) is 6.17 Å². The predicted molar refractivity (Wildman–Crippen MR) is 125 cm³/mol. The quantitative estimate of drug-likeness (QED) is 0.641. The standard InChI is InChI=1S/C24H26FN5O4S/c25-18-5-11-21(12-6-18)35(33,34)30-14-13-29(24(32)17-3-1-16(15-26)2-4-17)23(30)22(31)28-20-9-7-19(27)8-10-20/h1-6,11-12,19-20,23H,7-10,13-14,27H2,(H,28,31). The number of halogens is 1. The zero-order chi connectivity index (χ0) is 25.2. The Kier molecular flexibility index (Phi) is 7.16. The van der Waals surface area contributed by atoms with Crippen LogP contribution in [0.4, 0.5) is 4.39 Å². The van der Waals surface area contributed by atoms with Crippen LogP contribution in [0, 0.1) is 17.1 Å². The Labute approximate surface area is 203 Å². The first kappa shape index (κ1) is 24.8. The number of benzene rings is 2. The number of nitrogens with two attached hydrogens (primary N) is 1. The zero-order valence-electron chi connectivity index (χ0n) is 18.9. The highest BCUT2D eigenvalue weighted by Gasteiger charge is 2.47. The second-order valence-electron chi connectivity index (χ2n) is 8.75. The van der Waals surface area contributed by atoms with Crippen molar-refractivity contribution in [2.75, 3.05) is 13.1 Å². The fourth-order valence-electron chi connectivity index (χ4n) is 4.48. The lowest BCUT2D eigenvalue weighted by Crippen LogP contribution is -2.56. The van der Waals surface area contributed by atoms with Gasteiger partial charge in [0.2, 0.25) is 10.0 Å². The summed E-state index contributed by atoms with van der Waals surface area (Å²) < 4.78 is 41.2. The van der Waals surface area contributed by atoms with Crippen LogP contribution < -0.4 is 11.1 Å². The lowest BCUT2D eigenvalue weighted by molar-refractivity contribution is -0.128. The summed E-state index contributed by atoms with van der Waals surface area (Å²) in [6.07, 6.45) is 1.38. The van der Waals surface area contributed by atoms with Gasteiger partial charge in [0.05, 0.1) is 16.5 Å². The van der Waals surface area contributed by atoms with Gasteiger partial charge in [0, 0.05) is 30.7 Å². The minimum Gasteiger partial charge on any atom is -0.350 e. The highest BCUT2D eigenvalue weighted by atomic mass is 32.2. The molecule has 1 unspecified atom stereocenters. The number of sulfonamides is 1.